The molecular formula is C31H32F2N2O3. The fraction of sp³-hybridized carbons (Fsp3) is 0.323. The summed E-state index contributed by atoms with van der Waals surface area (Å²) < 4.78 is 34.6. The molecule has 0 bridgehead atoms. The number of aromatic nitrogens is 2. The Morgan fingerprint density at radius 1 is 0.974 bits per heavy atom. The maximum atomic E-state index is 13.7. The minimum Gasteiger partial charge on any atom is -0.462 e. The van der Waals surface area contributed by atoms with E-state index in [4.69, 9.17) is 4.74 Å². The van der Waals surface area contributed by atoms with Crippen molar-refractivity contribution in [3.8, 4) is 0 Å². The molecule has 4 rings (SSSR count). The predicted molar refractivity (Wildman–Crippen MR) is 143 cm³/mol. The average molecular weight is 519 g/mol. The third-order valence-corrected chi connectivity index (χ3v) is 6.38. The SMILES string of the molecule is CC(C)COC(=O)c1ccc2c(C(=O)CCc3ccc(F)c(F)c3)c(C(C)C)n(Cc3ccccn3)c2c1. The molecule has 0 saturated heterocycles. The van der Waals surface area contributed by atoms with E-state index in [0.29, 0.717) is 29.8 Å². The minimum atomic E-state index is -0.929. The monoisotopic (exact) mass is 518 g/mol. The van der Waals surface area contributed by atoms with Gasteiger partial charge in [0.15, 0.2) is 17.4 Å². The molecule has 4 aromatic rings. The number of fused-ring (bicyclic) bond motifs is 1. The van der Waals surface area contributed by atoms with Gasteiger partial charge in [-0.1, -0.05) is 45.9 Å². The zero-order chi connectivity index (χ0) is 27.4. The van der Waals surface area contributed by atoms with Crippen molar-refractivity contribution < 1.29 is 23.1 Å². The van der Waals surface area contributed by atoms with Crippen molar-refractivity contribution in [3.05, 3.63) is 101 Å². The number of carbonyl (C=O) groups excluding carboxylic acids is 2. The first-order valence-electron chi connectivity index (χ1n) is 12.9. The number of nitrogens with zero attached hydrogens (tertiary/aromatic N) is 2. The van der Waals surface area contributed by atoms with Crippen molar-refractivity contribution in [2.45, 2.75) is 53.0 Å². The van der Waals surface area contributed by atoms with Crippen molar-refractivity contribution in [3.63, 3.8) is 0 Å². The summed E-state index contributed by atoms with van der Waals surface area (Å²) in [4.78, 5) is 30.9. The van der Waals surface area contributed by atoms with E-state index >= 15 is 0 Å². The molecule has 0 fully saturated rings. The summed E-state index contributed by atoms with van der Waals surface area (Å²) in [6.45, 7) is 8.73. The van der Waals surface area contributed by atoms with Crippen LogP contribution in [0.3, 0.4) is 0 Å². The lowest BCUT2D eigenvalue weighted by atomic mass is 9.96. The van der Waals surface area contributed by atoms with Gasteiger partial charge < -0.3 is 9.30 Å². The third kappa shape index (κ3) is 5.98. The Balaban J connectivity index is 1.78. The zero-order valence-corrected chi connectivity index (χ0v) is 22.1. The maximum absolute atomic E-state index is 13.7. The molecule has 0 aliphatic carbocycles. The molecule has 0 aliphatic heterocycles. The number of hydrogen-bond acceptors (Lipinski definition) is 4. The summed E-state index contributed by atoms with van der Waals surface area (Å²) in [6, 6.07) is 14.6. The van der Waals surface area contributed by atoms with Crippen LogP contribution in [0.2, 0.25) is 0 Å². The van der Waals surface area contributed by atoms with Gasteiger partial charge in [0.05, 0.1) is 29.9 Å². The van der Waals surface area contributed by atoms with Gasteiger partial charge in [-0.05, 0) is 60.2 Å². The van der Waals surface area contributed by atoms with Crippen LogP contribution in [-0.4, -0.2) is 27.9 Å². The van der Waals surface area contributed by atoms with Crippen LogP contribution >= 0.6 is 0 Å². The Bertz CT molecular complexity index is 1460. The third-order valence-electron chi connectivity index (χ3n) is 6.38. The molecule has 2 aromatic heterocycles. The Hall–Kier alpha value is -3.87. The molecule has 0 N–H and O–H groups in total. The van der Waals surface area contributed by atoms with Crippen LogP contribution < -0.4 is 0 Å². The quantitative estimate of drug-likeness (QED) is 0.166. The van der Waals surface area contributed by atoms with Crippen LogP contribution in [-0.2, 0) is 17.7 Å². The first-order chi connectivity index (χ1) is 18.2. The Kier molecular flexibility index (Phi) is 8.35. The number of pyridine rings is 1. The Morgan fingerprint density at radius 2 is 1.76 bits per heavy atom. The smallest absolute Gasteiger partial charge is 0.338 e. The van der Waals surface area contributed by atoms with Gasteiger partial charge in [-0.3, -0.25) is 9.78 Å². The highest BCUT2D eigenvalue weighted by Crippen LogP contribution is 2.34. The lowest BCUT2D eigenvalue weighted by molar-refractivity contribution is 0.0459. The molecule has 0 atom stereocenters. The predicted octanol–water partition coefficient (Wildman–Crippen LogP) is 7.11. The molecular weight excluding hydrogens is 486 g/mol. The van der Waals surface area contributed by atoms with E-state index in [2.05, 4.69) is 4.98 Å². The Labute approximate surface area is 221 Å². The van der Waals surface area contributed by atoms with Crippen LogP contribution in [0.4, 0.5) is 8.78 Å². The second kappa shape index (κ2) is 11.7. The molecule has 0 radical (unpaired) electrons. The summed E-state index contributed by atoms with van der Waals surface area (Å²) in [5, 5.41) is 0.736. The Morgan fingerprint density at radius 3 is 2.42 bits per heavy atom. The molecule has 0 aliphatic rings. The highest BCUT2D eigenvalue weighted by atomic mass is 19.2. The second-order valence-corrected chi connectivity index (χ2v) is 10.2. The molecule has 0 unspecified atom stereocenters. The van der Waals surface area contributed by atoms with Crippen LogP contribution in [0.5, 0.6) is 0 Å². The van der Waals surface area contributed by atoms with E-state index in [0.717, 1.165) is 34.4 Å². The molecule has 0 amide bonds. The highest BCUT2D eigenvalue weighted by molar-refractivity contribution is 6.11. The molecule has 5 nitrogen and oxygen atoms in total. The molecule has 0 saturated carbocycles. The summed E-state index contributed by atoms with van der Waals surface area (Å²) >= 11 is 0. The number of aryl methyl sites for hydroxylation is 1. The van der Waals surface area contributed by atoms with Gasteiger partial charge in [-0.15, -0.1) is 0 Å². The minimum absolute atomic E-state index is 0.00956. The molecule has 198 valence electrons. The van der Waals surface area contributed by atoms with Crippen molar-refractivity contribution in [1.82, 2.24) is 9.55 Å². The topological polar surface area (TPSA) is 61.2 Å². The largest absolute Gasteiger partial charge is 0.462 e. The van der Waals surface area contributed by atoms with Gasteiger partial charge in [0, 0.05) is 29.3 Å². The van der Waals surface area contributed by atoms with Crippen LogP contribution in [0.25, 0.3) is 10.9 Å². The summed E-state index contributed by atoms with van der Waals surface area (Å²) in [7, 11) is 0. The van der Waals surface area contributed by atoms with Gasteiger partial charge in [0.25, 0.3) is 0 Å². The van der Waals surface area contributed by atoms with Gasteiger partial charge in [-0.25, -0.2) is 13.6 Å². The number of esters is 1. The van der Waals surface area contributed by atoms with E-state index < -0.39 is 17.6 Å². The fourth-order valence-electron chi connectivity index (χ4n) is 4.62. The fourth-order valence-corrected chi connectivity index (χ4v) is 4.62. The number of halogens is 2. The van der Waals surface area contributed by atoms with Crippen LogP contribution in [0.15, 0.2) is 60.8 Å². The summed E-state index contributed by atoms with van der Waals surface area (Å²) in [5.74, 6) is -2.15. The number of benzene rings is 2. The average Bonchev–Trinajstić information content (AvgIpc) is 3.22. The molecule has 7 heteroatoms. The number of rotatable bonds is 10. The normalized spacial score (nSPS) is 11.5. The van der Waals surface area contributed by atoms with Crippen LogP contribution in [0, 0.1) is 17.6 Å². The number of Topliss-reactive ketones (excluding diaryl/α,β-unsaturated/α-hetero) is 1. The van der Waals surface area contributed by atoms with E-state index in [9.17, 15) is 18.4 Å². The van der Waals surface area contributed by atoms with E-state index in [1.54, 1.807) is 24.4 Å². The first kappa shape index (κ1) is 27.2. The standard InChI is InChI=1S/C31H32F2N2O3/c1-19(2)18-38-31(37)22-10-11-24-27(16-22)35(17-23-7-5-6-14-34-23)30(20(3)4)29(24)28(36)13-9-21-8-12-25(32)26(33)15-21/h5-8,10-12,14-16,19-20H,9,13,17-18H2,1-4H3. The molecule has 2 heterocycles. The van der Waals surface area contributed by atoms with Gasteiger partial charge in [0.1, 0.15) is 0 Å². The van der Waals surface area contributed by atoms with Crippen molar-refractivity contribution in [1.29, 1.82) is 0 Å². The van der Waals surface area contributed by atoms with Crippen molar-refractivity contribution >= 4 is 22.7 Å². The number of hydrogen-bond donors (Lipinski definition) is 0. The van der Waals surface area contributed by atoms with Crippen molar-refractivity contribution in [2.75, 3.05) is 6.61 Å². The lowest BCUT2D eigenvalue weighted by Gasteiger charge is -2.15. The second-order valence-electron chi connectivity index (χ2n) is 10.2. The van der Waals surface area contributed by atoms with Gasteiger partial charge in [-0.2, -0.15) is 0 Å². The van der Waals surface area contributed by atoms with Crippen molar-refractivity contribution in [2.24, 2.45) is 5.92 Å². The van der Waals surface area contributed by atoms with Gasteiger partial charge >= 0.3 is 5.97 Å². The van der Waals surface area contributed by atoms with E-state index in [1.165, 1.54) is 6.07 Å². The van der Waals surface area contributed by atoms with Crippen LogP contribution in [0.1, 0.15) is 77.7 Å². The van der Waals surface area contributed by atoms with E-state index in [1.807, 2.05) is 50.5 Å². The number of ether oxygens (including phenoxy) is 1. The zero-order valence-electron chi connectivity index (χ0n) is 22.1. The highest BCUT2D eigenvalue weighted by Gasteiger charge is 2.25. The van der Waals surface area contributed by atoms with E-state index in [-0.39, 0.29) is 30.5 Å². The molecule has 0 spiro atoms. The molecule has 38 heavy (non-hydrogen) atoms. The maximum Gasteiger partial charge on any atom is 0.338 e. The summed E-state index contributed by atoms with van der Waals surface area (Å²) in [5.41, 5.74) is 3.95. The lowest BCUT2D eigenvalue weighted by Crippen LogP contribution is -2.12. The first-order valence-corrected chi connectivity index (χ1v) is 12.9. The molecule has 2 aromatic carbocycles. The number of ketones is 1. The van der Waals surface area contributed by atoms with Gasteiger partial charge in [0.2, 0.25) is 0 Å². The summed E-state index contributed by atoms with van der Waals surface area (Å²) in [6.07, 6.45) is 2.13. The number of carbonyl (C=O) groups is 2.